The molecule has 0 aliphatic heterocycles. The van der Waals surface area contributed by atoms with Crippen LogP contribution in [0.15, 0.2) is 48.1 Å². The molecule has 18 heavy (non-hydrogen) atoms. The molecule has 3 aromatic rings. The summed E-state index contributed by atoms with van der Waals surface area (Å²) in [6.07, 6.45) is 3.67. The number of nitrogens with two attached hydrogens (primary N) is 1. The van der Waals surface area contributed by atoms with Crippen LogP contribution in [0, 0.1) is 6.92 Å². The Hall–Kier alpha value is -1.71. The molecule has 2 aromatic heterocycles. The fourth-order valence-electron chi connectivity index (χ4n) is 2.21. The van der Waals surface area contributed by atoms with Crippen LogP contribution in [0.1, 0.15) is 22.7 Å². The maximum atomic E-state index is 6.39. The van der Waals surface area contributed by atoms with Crippen molar-refractivity contribution in [1.82, 2.24) is 4.98 Å². The average Bonchev–Trinajstić information content (AvgIpc) is 2.82. The number of aryl methyl sites for hydroxylation is 1. The third-order valence-corrected chi connectivity index (χ3v) is 4.24. The first kappa shape index (κ1) is 11.4. The largest absolute Gasteiger partial charge is 0.320 e. The first-order chi connectivity index (χ1) is 8.77. The third-order valence-electron chi connectivity index (χ3n) is 3.26. The van der Waals surface area contributed by atoms with Crippen molar-refractivity contribution < 1.29 is 0 Å². The van der Waals surface area contributed by atoms with E-state index in [4.69, 9.17) is 5.73 Å². The second-order valence-electron chi connectivity index (χ2n) is 4.40. The summed E-state index contributed by atoms with van der Waals surface area (Å²) in [5.74, 6) is 0. The van der Waals surface area contributed by atoms with Gasteiger partial charge in [0.05, 0.1) is 6.04 Å². The van der Waals surface area contributed by atoms with E-state index in [0.29, 0.717) is 0 Å². The Kier molecular flexibility index (Phi) is 2.86. The number of aromatic nitrogens is 1. The topological polar surface area (TPSA) is 38.9 Å². The summed E-state index contributed by atoms with van der Waals surface area (Å²) in [5.41, 5.74) is 9.87. The molecule has 0 fully saturated rings. The van der Waals surface area contributed by atoms with E-state index < -0.39 is 0 Å². The van der Waals surface area contributed by atoms with Gasteiger partial charge >= 0.3 is 0 Å². The first-order valence-electron chi connectivity index (χ1n) is 5.89. The summed E-state index contributed by atoms with van der Waals surface area (Å²) >= 11 is 1.74. The molecule has 90 valence electrons. The molecule has 0 radical (unpaired) electrons. The summed E-state index contributed by atoms with van der Waals surface area (Å²) in [4.78, 5) is 4.18. The number of hydrogen-bond donors (Lipinski definition) is 1. The van der Waals surface area contributed by atoms with Crippen molar-refractivity contribution in [3.8, 4) is 0 Å². The molecule has 3 rings (SSSR count). The molecular weight excluding hydrogens is 240 g/mol. The van der Waals surface area contributed by atoms with Gasteiger partial charge in [0, 0.05) is 17.1 Å². The lowest BCUT2D eigenvalue weighted by Gasteiger charge is -2.13. The highest BCUT2D eigenvalue weighted by Crippen LogP contribution is 2.32. The first-order valence-corrected chi connectivity index (χ1v) is 6.77. The van der Waals surface area contributed by atoms with Gasteiger partial charge in [0.15, 0.2) is 0 Å². The number of thiophene rings is 1. The van der Waals surface area contributed by atoms with Crippen LogP contribution in [0.3, 0.4) is 0 Å². The zero-order valence-electron chi connectivity index (χ0n) is 10.1. The zero-order chi connectivity index (χ0) is 12.5. The van der Waals surface area contributed by atoms with Crippen LogP contribution >= 0.6 is 11.3 Å². The molecule has 0 amide bonds. The van der Waals surface area contributed by atoms with Crippen LogP contribution in [0.4, 0.5) is 0 Å². The highest BCUT2D eigenvalue weighted by atomic mass is 32.1. The number of fused-ring (bicyclic) bond motifs is 1. The van der Waals surface area contributed by atoms with Gasteiger partial charge in [-0.15, -0.1) is 11.3 Å². The van der Waals surface area contributed by atoms with Gasteiger partial charge in [-0.1, -0.05) is 18.2 Å². The molecule has 0 bridgehead atoms. The van der Waals surface area contributed by atoms with Gasteiger partial charge in [0.2, 0.25) is 0 Å². The van der Waals surface area contributed by atoms with E-state index >= 15 is 0 Å². The second kappa shape index (κ2) is 4.52. The molecule has 3 heteroatoms. The van der Waals surface area contributed by atoms with Crippen LogP contribution in [-0.2, 0) is 0 Å². The summed E-state index contributed by atoms with van der Waals surface area (Å²) < 4.78 is 1.28. The van der Waals surface area contributed by atoms with Gasteiger partial charge in [-0.2, -0.15) is 0 Å². The summed E-state index contributed by atoms with van der Waals surface area (Å²) in [5, 5.41) is 3.40. The van der Waals surface area contributed by atoms with Crippen molar-refractivity contribution in [3.63, 3.8) is 0 Å². The molecule has 1 atom stereocenters. The minimum absolute atomic E-state index is 0.102. The quantitative estimate of drug-likeness (QED) is 0.758. The van der Waals surface area contributed by atoms with E-state index in [1.165, 1.54) is 21.2 Å². The fraction of sp³-hybridized carbons (Fsp3) is 0.133. The highest BCUT2D eigenvalue weighted by molar-refractivity contribution is 7.17. The Morgan fingerprint density at radius 2 is 2.00 bits per heavy atom. The predicted molar refractivity (Wildman–Crippen MR) is 76.8 cm³/mol. The van der Waals surface area contributed by atoms with Crippen molar-refractivity contribution in [2.75, 3.05) is 0 Å². The predicted octanol–water partition coefficient (Wildman–Crippen LogP) is 3.65. The van der Waals surface area contributed by atoms with Gasteiger partial charge in [-0.25, -0.2) is 0 Å². The SMILES string of the molecule is Cc1ccncc1C(N)c1csc2ccccc12. The molecule has 0 aliphatic carbocycles. The lowest BCUT2D eigenvalue weighted by atomic mass is 9.97. The highest BCUT2D eigenvalue weighted by Gasteiger charge is 2.15. The van der Waals surface area contributed by atoms with Crippen LogP contribution in [0.2, 0.25) is 0 Å². The van der Waals surface area contributed by atoms with E-state index in [0.717, 1.165) is 5.56 Å². The molecule has 0 aliphatic rings. The Morgan fingerprint density at radius 3 is 2.83 bits per heavy atom. The summed E-state index contributed by atoms with van der Waals surface area (Å²) in [6.45, 7) is 2.07. The zero-order valence-corrected chi connectivity index (χ0v) is 10.9. The standard InChI is InChI=1S/C15H14N2S/c1-10-6-7-17-8-12(10)15(16)13-9-18-14-5-3-2-4-11(13)14/h2-9,15H,16H2,1H3. The molecule has 0 saturated heterocycles. The second-order valence-corrected chi connectivity index (χ2v) is 5.31. The van der Waals surface area contributed by atoms with Crippen LogP contribution in [0.5, 0.6) is 0 Å². The number of benzene rings is 1. The van der Waals surface area contributed by atoms with Gasteiger partial charge in [-0.05, 0) is 46.5 Å². The normalized spacial score (nSPS) is 12.8. The van der Waals surface area contributed by atoms with Gasteiger partial charge < -0.3 is 5.73 Å². The van der Waals surface area contributed by atoms with Crippen molar-refractivity contribution in [2.24, 2.45) is 5.73 Å². The van der Waals surface area contributed by atoms with E-state index in [1.54, 1.807) is 17.5 Å². The Bertz CT molecular complexity index is 688. The van der Waals surface area contributed by atoms with Crippen LogP contribution < -0.4 is 5.73 Å². The van der Waals surface area contributed by atoms with Crippen molar-refractivity contribution >= 4 is 21.4 Å². The minimum atomic E-state index is -0.102. The maximum absolute atomic E-state index is 6.39. The van der Waals surface area contributed by atoms with E-state index in [9.17, 15) is 0 Å². The molecule has 1 unspecified atom stereocenters. The van der Waals surface area contributed by atoms with Crippen molar-refractivity contribution in [2.45, 2.75) is 13.0 Å². The van der Waals surface area contributed by atoms with E-state index in [1.807, 2.05) is 12.3 Å². The number of rotatable bonds is 2. The van der Waals surface area contributed by atoms with Crippen molar-refractivity contribution in [1.29, 1.82) is 0 Å². The Morgan fingerprint density at radius 1 is 1.17 bits per heavy atom. The Balaban J connectivity index is 2.13. The molecule has 0 saturated carbocycles. The number of nitrogens with zero attached hydrogens (tertiary/aromatic N) is 1. The lowest BCUT2D eigenvalue weighted by molar-refractivity contribution is 0.864. The van der Waals surface area contributed by atoms with E-state index in [-0.39, 0.29) is 6.04 Å². The maximum Gasteiger partial charge on any atom is 0.0584 e. The molecular formula is C15H14N2S. The van der Waals surface area contributed by atoms with Gasteiger partial charge in [0.1, 0.15) is 0 Å². The molecule has 2 nitrogen and oxygen atoms in total. The monoisotopic (exact) mass is 254 g/mol. The fourth-order valence-corrected chi connectivity index (χ4v) is 3.21. The summed E-state index contributed by atoms with van der Waals surface area (Å²) in [6, 6.07) is 10.3. The average molecular weight is 254 g/mol. The smallest absolute Gasteiger partial charge is 0.0584 e. The number of pyridine rings is 1. The molecule has 1 aromatic carbocycles. The Labute approximate surface area is 110 Å². The molecule has 0 spiro atoms. The third kappa shape index (κ3) is 1.82. The summed E-state index contributed by atoms with van der Waals surface area (Å²) in [7, 11) is 0. The van der Waals surface area contributed by atoms with Gasteiger partial charge in [-0.3, -0.25) is 4.98 Å². The van der Waals surface area contributed by atoms with Crippen molar-refractivity contribution in [3.05, 3.63) is 64.8 Å². The van der Waals surface area contributed by atoms with E-state index in [2.05, 4.69) is 41.6 Å². The minimum Gasteiger partial charge on any atom is -0.320 e. The molecule has 2 N–H and O–H groups in total. The molecule has 2 heterocycles. The van der Waals surface area contributed by atoms with Crippen LogP contribution in [0.25, 0.3) is 10.1 Å². The lowest BCUT2D eigenvalue weighted by Crippen LogP contribution is -2.13. The number of hydrogen-bond acceptors (Lipinski definition) is 3. The van der Waals surface area contributed by atoms with Crippen LogP contribution in [-0.4, -0.2) is 4.98 Å². The van der Waals surface area contributed by atoms with Gasteiger partial charge in [0.25, 0.3) is 0 Å².